The maximum Gasteiger partial charge on any atom is 0.107 e. The van der Waals surface area contributed by atoms with Crippen LogP contribution < -0.4 is 5.32 Å². The number of piperazine rings is 1. The van der Waals surface area contributed by atoms with E-state index in [-0.39, 0.29) is 5.41 Å². The lowest BCUT2D eigenvalue weighted by Gasteiger charge is -2.37. The largest absolute Gasteiger partial charge is 0.309 e. The average Bonchev–Trinajstić information content (AvgIpc) is 2.82. The van der Waals surface area contributed by atoms with Crippen LogP contribution in [-0.2, 0) is 12.0 Å². The Labute approximate surface area is 127 Å². The Morgan fingerprint density at radius 1 is 1.35 bits per heavy atom. The van der Waals surface area contributed by atoms with Crippen molar-refractivity contribution in [2.45, 2.75) is 38.8 Å². The molecule has 5 heteroatoms. The van der Waals surface area contributed by atoms with Crippen LogP contribution in [0, 0.1) is 0 Å². The lowest BCUT2D eigenvalue weighted by atomic mass is 9.93. The molecule has 20 heavy (non-hydrogen) atoms. The summed E-state index contributed by atoms with van der Waals surface area (Å²) in [7, 11) is 4.43. The second-order valence-corrected chi connectivity index (χ2v) is 7.85. The third-order valence-corrected chi connectivity index (χ3v) is 4.81. The third kappa shape index (κ3) is 4.25. The summed E-state index contributed by atoms with van der Waals surface area (Å²) in [6.45, 7) is 12.0. The van der Waals surface area contributed by atoms with E-state index >= 15 is 0 Å². The van der Waals surface area contributed by atoms with Crippen molar-refractivity contribution in [2.75, 3.05) is 40.3 Å². The Balaban J connectivity index is 1.79. The summed E-state index contributed by atoms with van der Waals surface area (Å²) < 4.78 is 0. The number of nitrogens with one attached hydrogen (secondary N) is 1. The zero-order valence-electron chi connectivity index (χ0n) is 13.4. The van der Waals surface area contributed by atoms with E-state index in [2.05, 4.69) is 55.4 Å². The summed E-state index contributed by atoms with van der Waals surface area (Å²) in [4.78, 5) is 9.59. The van der Waals surface area contributed by atoms with Gasteiger partial charge >= 0.3 is 0 Å². The molecule has 1 saturated heterocycles. The predicted octanol–water partition coefficient (Wildman–Crippen LogP) is 1.78. The molecule has 0 spiro atoms. The van der Waals surface area contributed by atoms with Gasteiger partial charge in [-0.15, -0.1) is 11.3 Å². The van der Waals surface area contributed by atoms with Crippen molar-refractivity contribution in [1.29, 1.82) is 0 Å². The van der Waals surface area contributed by atoms with E-state index in [4.69, 9.17) is 4.98 Å². The minimum atomic E-state index is 0.154. The molecule has 1 aromatic heterocycles. The van der Waals surface area contributed by atoms with E-state index in [0.29, 0.717) is 6.04 Å². The van der Waals surface area contributed by atoms with Gasteiger partial charge in [0.25, 0.3) is 0 Å². The number of nitrogens with zero attached hydrogens (tertiary/aromatic N) is 3. The molecule has 1 aliphatic heterocycles. The summed E-state index contributed by atoms with van der Waals surface area (Å²) in [5.41, 5.74) is 1.36. The van der Waals surface area contributed by atoms with Gasteiger partial charge in [0, 0.05) is 49.6 Å². The van der Waals surface area contributed by atoms with Gasteiger partial charge in [0.05, 0.1) is 5.69 Å². The second kappa shape index (κ2) is 6.52. The van der Waals surface area contributed by atoms with Gasteiger partial charge in [-0.25, -0.2) is 4.98 Å². The second-order valence-electron chi connectivity index (χ2n) is 6.90. The van der Waals surface area contributed by atoms with Crippen molar-refractivity contribution in [3.63, 3.8) is 0 Å². The fourth-order valence-corrected chi connectivity index (χ4v) is 3.39. The van der Waals surface area contributed by atoms with Crippen molar-refractivity contribution < 1.29 is 0 Å². The SMILES string of the molecule is CN1CCN(C)C(CNCc2nc(C(C)(C)C)cs2)C1. The van der Waals surface area contributed by atoms with Gasteiger partial charge < -0.3 is 10.2 Å². The van der Waals surface area contributed by atoms with Crippen LogP contribution in [0.4, 0.5) is 0 Å². The maximum atomic E-state index is 4.73. The van der Waals surface area contributed by atoms with E-state index in [1.165, 1.54) is 17.2 Å². The standard InChI is InChI=1S/C15H28N4S/c1-15(2,3)13-11-20-14(17-13)9-16-8-12-10-18(4)6-7-19(12)5/h11-12,16H,6-10H2,1-5H3. The van der Waals surface area contributed by atoms with Gasteiger partial charge in [-0.3, -0.25) is 4.90 Å². The van der Waals surface area contributed by atoms with Gasteiger partial charge in [0.2, 0.25) is 0 Å². The fourth-order valence-electron chi connectivity index (χ4n) is 2.40. The van der Waals surface area contributed by atoms with Crippen LogP contribution in [0.15, 0.2) is 5.38 Å². The molecule has 1 atom stereocenters. The highest BCUT2D eigenvalue weighted by atomic mass is 32.1. The molecule has 0 saturated carbocycles. The molecule has 1 aliphatic rings. The normalized spacial score (nSPS) is 22.4. The molecule has 2 heterocycles. The molecule has 4 nitrogen and oxygen atoms in total. The van der Waals surface area contributed by atoms with Crippen LogP contribution >= 0.6 is 11.3 Å². The average molecular weight is 296 g/mol. The third-order valence-electron chi connectivity index (χ3n) is 3.96. The first kappa shape index (κ1) is 15.9. The molecule has 0 aliphatic carbocycles. The summed E-state index contributed by atoms with van der Waals surface area (Å²) in [5, 5.41) is 6.95. The Bertz CT molecular complexity index is 424. The molecular formula is C15H28N4S. The molecule has 1 N–H and O–H groups in total. The molecule has 1 unspecified atom stereocenters. The molecule has 0 radical (unpaired) electrons. The quantitative estimate of drug-likeness (QED) is 0.918. The van der Waals surface area contributed by atoms with Crippen LogP contribution in [0.25, 0.3) is 0 Å². The van der Waals surface area contributed by atoms with Gasteiger partial charge in [0.1, 0.15) is 5.01 Å². The summed E-state index contributed by atoms with van der Waals surface area (Å²) in [6, 6.07) is 0.607. The van der Waals surface area contributed by atoms with Crippen LogP contribution in [0.5, 0.6) is 0 Å². The zero-order chi connectivity index (χ0) is 14.8. The summed E-state index contributed by atoms with van der Waals surface area (Å²) in [6.07, 6.45) is 0. The first-order valence-corrected chi connectivity index (χ1v) is 8.28. The lowest BCUT2D eigenvalue weighted by Crippen LogP contribution is -2.53. The van der Waals surface area contributed by atoms with Crippen LogP contribution in [0.3, 0.4) is 0 Å². The van der Waals surface area contributed by atoms with Gasteiger partial charge in [-0.1, -0.05) is 20.8 Å². The first-order valence-electron chi connectivity index (χ1n) is 7.40. The van der Waals surface area contributed by atoms with E-state index in [0.717, 1.165) is 26.2 Å². The molecule has 114 valence electrons. The lowest BCUT2D eigenvalue weighted by molar-refractivity contribution is 0.113. The van der Waals surface area contributed by atoms with Crippen LogP contribution in [-0.4, -0.2) is 61.1 Å². The highest BCUT2D eigenvalue weighted by Crippen LogP contribution is 2.23. The monoisotopic (exact) mass is 296 g/mol. The number of thiazole rings is 1. The van der Waals surface area contributed by atoms with E-state index in [9.17, 15) is 0 Å². The van der Waals surface area contributed by atoms with Crippen molar-refractivity contribution in [3.05, 3.63) is 16.1 Å². The summed E-state index contributed by atoms with van der Waals surface area (Å²) in [5.74, 6) is 0. The van der Waals surface area contributed by atoms with Crippen LogP contribution in [0.2, 0.25) is 0 Å². The van der Waals surface area contributed by atoms with E-state index in [1.54, 1.807) is 11.3 Å². The highest BCUT2D eigenvalue weighted by molar-refractivity contribution is 7.09. The predicted molar refractivity (Wildman–Crippen MR) is 86.4 cm³/mol. The Kier molecular flexibility index (Phi) is 5.18. The van der Waals surface area contributed by atoms with E-state index < -0.39 is 0 Å². The Morgan fingerprint density at radius 3 is 2.75 bits per heavy atom. The van der Waals surface area contributed by atoms with Crippen LogP contribution in [0.1, 0.15) is 31.5 Å². The Morgan fingerprint density at radius 2 is 2.10 bits per heavy atom. The minimum Gasteiger partial charge on any atom is -0.309 e. The maximum absolute atomic E-state index is 4.73. The molecule has 0 aromatic carbocycles. The minimum absolute atomic E-state index is 0.154. The molecule has 2 rings (SSSR count). The fraction of sp³-hybridized carbons (Fsp3) is 0.800. The van der Waals surface area contributed by atoms with E-state index in [1.807, 2.05) is 0 Å². The Hall–Kier alpha value is -0.490. The molecule has 1 aromatic rings. The first-order chi connectivity index (χ1) is 9.36. The summed E-state index contributed by atoms with van der Waals surface area (Å²) >= 11 is 1.77. The van der Waals surface area contributed by atoms with Gasteiger partial charge in [-0.05, 0) is 14.1 Å². The topological polar surface area (TPSA) is 31.4 Å². The van der Waals surface area contributed by atoms with Gasteiger partial charge in [-0.2, -0.15) is 0 Å². The number of hydrogen-bond acceptors (Lipinski definition) is 5. The molecular weight excluding hydrogens is 268 g/mol. The highest BCUT2D eigenvalue weighted by Gasteiger charge is 2.22. The number of likely N-dealkylation sites (N-methyl/N-ethyl adjacent to an activating group) is 2. The number of rotatable bonds is 4. The van der Waals surface area contributed by atoms with Crippen molar-refractivity contribution >= 4 is 11.3 Å². The van der Waals surface area contributed by atoms with Crippen molar-refractivity contribution in [2.24, 2.45) is 0 Å². The number of aromatic nitrogens is 1. The van der Waals surface area contributed by atoms with Crippen molar-refractivity contribution in [3.8, 4) is 0 Å². The molecule has 1 fully saturated rings. The van der Waals surface area contributed by atoms with Gasteiger partial charge in [0.15, 0.2) is 0 Å². The number of hydrogen-bond donors (Lipinski definition) is 1. The smallest absolute Gasteiger partial charge is 0.107 e. The molecule has 0 amide bonds. The molecule has 0 bridgehead atoms. The van der Waals surface area contributed by atoms with Crippen molar-refractivity contribution in [1.82, 2.24) is 20.1 Å². The zero-order valence-corrected chi connectivity index (χ0v) is 14.3.